The number of benzene rings is 2. The van der Waals surface area contributed by atoms with Crippen molar-refractivity contribution in [2.75, 3.05) is 0 Å². The summed E-state index contributed by atoms with van der Waals surface area (Å²) < 4.78 is 5.77. The Balaban J connectivity index is 2.09. The lowest BCUT2D eigenvalue weighted by Crippen LogP contribution is -2.21. The molecule has 2 aromatic rings. The lowest BCUT2D eigenvalue weighted by molar-refractivity contribution is 0.260. The maximum absolute atomic E-state index is 5.77. The third-order valence-corrected chi connectivity index (χ3v) is 7.17. The minimum Gasteiger partial charge on any atom is -0.416 e. The van der Waals surface area contributed by atoms with Crippen LogP contribution in [0.25, 0.3) is 5.57 Å². The van der Waals surface area contributed by atoms with Gasteiger partial charge in [-0.15, -0.1) is 0 Å². The molecule has 2 aromatic carbocycles. The molecule has 0 N–H and O–H groups in total. The maximum Gasteiger partial charge on any atom is 0.192 e. The molecule has 0 aliphatic carbocycles. The molecule has 0 saturated carbocycles. The summed E-state index contributed by atoms with van der Waals surface area (Å²) in [5, 5.41) is 2.84. The van der Waals surface area contributed by atoms with Gasteiger partial charge in [0, 0.05) is 6.10 Å². The second kappa shape index (κ2) is 7.72. The summed E-state index contributed by atoms with van der Waals surface area (Å²) in [6.07, 6.45) is 0.323. The first-order valence-corrected chi connectivity index (χ1v) is 12.1. The molecule has 0 fully saturated rings. The van der Waals surface area contributed by atoms with Gasteiger partial charge < -0.3 is 4.43 Å². The molecule has 0 aliphatic heterocycles. The van der Waals surface area contributed by atoms with Gasteiger partial charge in [-0.1, -0.05) is 73.4 Å². The zero-order valence-electron chi connectivity index (χ0n) is 14.1. The topological polar surface area (TPSA) is 9.23 Å². The molecule has 0 saturated heterocycles. The Morgan fingerprint density at radius 2 is 1.45 bits per heavy atom. The first kappa shape index (κ1) is 16.9. The number of hydrogen-bond donors (Lipinski definition) is 0. The third-order valence-electron chi connectivity index (χ3n) is 3.81. The van der Waals surface area contributed by atoms with Gasteiger partial charge in [0.25, 0.3) is 0 Å². The van der Waals surface area contributed by atoms with Crippen LogP contribution in [0.5, 0.6) is 0 Å². The van der Waals surface area contributed by atoms with Gasteiger partial charge in [-0.3, -0.25) is 0 Å². The Bertz CT molecular complexity index is 613. The summed E-state index contributed by atoms with van der Waals surface area (Å²) >= 11 is 0. The smallest absolute Gasteiger partial charge is 0.192 e. The first-order chi connectivity index (χ1) is 10.5. The Morgan fingerprint density at radius 1 is 0.955 bits per heavy atom. The van der Waals surface area contributed by atoms with Crippen LogP contribution in [0.3, 0.4) is 0 Å². The molecular weight excluding hydrogens is 300 g/mol. The van der Waals surface area contributed by atoms with Crippen LogP contribution in [-0.4, -0.2) is 24.7 Å². The molecule has 1 nitrogen and oxygen atoms in total. The summed E-state index contributed by atoms with van der Waals surface area (Å²) in [5.41, 5.74) is 3.49. The fraction of sp³-hybridized carbons (Fsp3) is 0.263. The molecule has 2 rings (SSSR count). The molecular formula is C19H26OSi2. The highest BCUT2D eigenvalue weighted by molar-refractivity contribution is 6.70. The van der Waals surface area contributed by atoms with Crippen LogP contribution in [0.15, 0.2) is 55.1 Å². The van der Waals surface area contributed by atoms with E-state index in [1.54, 1.807) is 0 Å². The van der Waals surface area contributed by atoms with Crippen molar-refractivity contribution < 1.29 is 4.43 Å². The van der Waals surface area contributed by atoms with E-state index in [1.165, 1.54) is 21.5 Å². The lowest BCUT2D eigenvalue weighted by Gasteiger charge is -2.11. The van der Waals surface area contributed by atoms with Crippen molar-refractivity contribution in [1.29, 1.82) is 0 Å². The zero-order chi connectivity index (χ0) is 16.1. The first-order valence-electron chi connectivity index (χ1n) is 7.97. The quantitative estimate of drug-likeness (QED) is 0.742. The van der Waals surface area contributed by atoms with Crippen molar-refractivity contribution in [2.24, 2.45) is 0 Å². The second-order valence-electron chi connectivity index (χ2n) is 6.31. The standard InChI is InChI=1S/C19H26OSi2/c1-14(2)20-21-18-10-6-16(7-11-18)15(3)17-8-12-19(13-9-17)22(4)5/h6-14,22H,3,21H2,1-2,4-5H3. The largest absolute Gasteiger partial charge is 0.416 e. The van der Waals surface area contributed by atoms with Crippen LogP contribution in [0.1, 0.15) is 25.0 Å². The maximum atomic E-state index is 5.77. The van der Waals surface area contributed by atoms with E-state index in [1.807, 2.05) is 0 Å². The van der Waals surface area contributed by atoms with Gasteiger partial charge in [-0.05, 0) is 35.7 Å². The highest BCUT2D eigenvalue weighted by Crippen LogP contribution is 2.20. The van der Waals surface area contributed by atoms with E-state index in [0.29, 0.717) is 6.10 Å². The second-order valence-corrected chi connectivity index (χ2v) is 10.7. The van der Waals surface area contributed by atoms with E-state index in [2.05, 4.69) is 82.1 Å². The third kappa shape index (κ3) is 4.53. The van der Waals surface area contributed by atoms with Gasteiger partial charge in [0.1, 0.15) is 0 Å². The van der Waals surface area contributed by atoms with Crippen LogP contribution < -0.4 is 10.4 Å². The van der Waals surface area contributed by atoms with Gasteiger partial charge in [0.2, 0.25) is 0 Å². The summed E-state index contributed by atoms with van der Waals surface area (Å²) in [5.74, 6) is 0. The minimum atomic E-state index is -0.717. The van der Waals surface area contributed by atoms with Crippen molar-refractivity contribution in [3.05, 3.63) is 66.2 Å². The van der Waals surface area contributed by atoms with Gasteiger partial charge in [-0.2, -0.15) is 0 Å². The lowest BCUT2D eigenvalue weighted by atomic mass is 10.00. The molecule has 0 radical (unpaired) electrons. The predicted octanol–water partition coefficient (Wildman–Crippen LogP) is 2.58. The highest BCUT2D eigenvalue weighted by Gasteiger charge is 2.05. The summed E-state index contributed by atoms with van der Waals surface area (Å²) in [6, 6.07) is 17.6. The fourth-order valence-electron chi connectivity index (χ4n) is 2.30. The number of hydrogen-bond acceptors (Lipinski definition) is 1. The average molecular weight is 327 g/mol. The van der Waals surface area contributed by atoms with Gasteiger partial charge in [-0.25, -0.2) is 0 Å². The van der Waals surface area contributed by atoms with E-state index in [-0.39, 0.29) is 0 Å². The summed E-state index contributed by atoms with van der Waals surface area (Å²) in [7, 11) is -1.32. The molecule has 0 unspecified atom stereocenters. The molecule has 0 amide bonds. The van der Waals surface area contributed by atoms with Crippen molar-refractivity contribution in [3.8, 4) is 0 Å². The van der Waals surface area contributed by atoms with Gasteiger partial charge >= 0.3 is 0 Å². The molecule has 0 spiro atoms. The Hall–Kier alpha value is -1.43. The number of rotatable bonds is 6. The molecule has 22 heavy (non-hydrogen) atoms. The zero-order valence-corrected chi connectivity index (χ0v) is 16.7. The summed E-state index contributed by atoms with van der Waals surface area (Å²) in [4.78, 5) is 0. The van der Waals surface area contributed by atoms with Crippen molar-refractivity contribution in [1.82, 2.24) is 0 Å². The van der Waals surface area contributed by atoms with E-state index in [0.717, 1.165) is 5.57 Å². The van der Waals surface area contributed by atoms with E-state index in [4.69, 9.17) is 4.43 Å². The van der Waals surface area contributed by atoms with Crippen LogP contribution in [-0.2, 0) is 4.43 Å². The molecule has 0 bridgehead atoms. The van der Waals surface area contributed by atoms with Crippen molar-refractivity contribution in [2.45, 2.75) is 33.0 Å². The van der Waals surface area contributed by atoms with Crippen molar-refractivity contribution in [3.63, 3.8) is 0 Å². The van der Waals surface area contributed by atoms with Crippen molar-refractivity contribution >= 4 is 34.5 Å². The van der Waals surface area contributed by atoms with Gasteiger partial charge in [0.05, 0.1) is 8.80 Å². The fourth-order valence-corrected chi connectivity index (χ4v) is 4.22. The Morgan fingerprint density at radius 3 is 1.91 bits per heavy atom. The van der Waals surface area contributed by atoms with E-state index < -0.39 is 18.6 Å². The normalized spacial score (nSPS) is 11.7. The molecule has 0 aromatic heterocycles. The SMILES string of the molecule is C=C(c1ccc([SiH2]OC(C)C)cc1)c1ccc([SiH](C)C)cc1. The molecule has 116 valence electrons. The van der Waals surface area contributed by atoms with Crippen LogP contribution in [0.2, 0.25) is 13.1 Å². The molecule has 0 heterocycles. The molecule has 0 aliphatic rings. The molecule has 0 atom stereocenters. The van der Waals surface area contributed by atoms with Crippen LogP contribution >= 0.6 is 0 Å². The predicted molar refractivity (Wildman–Crippen MR) is 104 cm³/mol. The van der Waals surface area contributed by atoms with Crippen LogP contribution in [0.4, 0.5) is 0 Å². The summed E-state index contributed by atoms with van der Waals surface area (Å²) in [6.45, 7) is 13.2. The Kier molecular flexibility index (Phi) is 5.94. The van der Waals surface area contributed by atoms with E-state index >= 15 is 0 Å². The minimum absolute atomic E-state index is 0.323. The Labute approximate surface area is 138 Å². The monoisotopic (exact) mass is 326 g/mol. The highest BCUT2D eigenvalue weighted by atomic mass is 28.3. The molecule has 3 heteroatoms. The van der Waals surface area contributed by atoms with Gasteiger partial charge in [0.15, 0.2) is 9.76 Å². The van der Waals surface area contributed by atoms with E-state index in [9.17, 15) is 0 Å². The van der Waals surface area contributed by atoms with Crippen LogP contribution in [0, 0.1) is 0 Å². The average Bonchev–Trinajstić information content (AvgIpc) is 2.53.